The van der Waals surface area contributed by atoms with Crippen molar-refractivity contribution in [2.75, 3.05) is 0 Å². The number of hydrogen-bond acceptors (Lipinski definition) is 2. The van der Waals surface area contributed by atoms with E-state index in [1.165, 1.54) is 5.57 Å². The predicted octanol–water partition coefficient (Wildman–Crippen LogP) is 3.29. The van der Waals surface area contributed by atoms with Crippen LogP contribution < -0.4 is 4.46 Å². The summed E-state index contributed by atoms with van der Waals surface area (Å²) in [6.07, 6.45) is 4.03. The third kappa shape index (κ3) is 6.63. The fourth-order valence-corrected chi connectivity index (χ4v) is 2.90. The van der Waals surface area contributed by atoms with Crippen molar-refractivity contribution in [3.63, 3.8) is 0 Å². The number of carbonyl (C=O) groups excluding carboxylic acids is 1. The van der Waals surface area contributed by atoms with Crippen LogP contribution in [0.4, 0.5) is 4.79 Å². The molecule has 2 nitrogen and oxygen atoms in total. The van der Waals surface area contributed by atoms with Crippen LogP contribution in [0.15, 0.2) is 42.0 Å². The number of ether oxygens (including phenoxy) is 1. The molecule has 98 valence electrons. The summed E-state index contributed by atoms with van der Waals surface area (Å²) < 4.78 is 6.46. The van der Waals surface area contributed by atoms with Crippen LogP contribution in [-0.2, 0) is 4.74 Å². The van der Waals surface area contributed by atoms with Crippen LogP contribution in [0.1, 0.15) is 33.6 Å². The molecule has 1 unspecified atom stereocenters. The van der Waals surface area contributed by atoms with Crippen molar-refractivity contribution in [2.45, 2.75) is 39.7 Å². The molecule has 0 bridgehead atoms. The normalized spacial score (nSPS) is 11.7. The van der Waals surface area contributed by atoms with Gasteiger partial charge >= 0.3 is 116 Å². The first kappa shape index (κ1) is 15.0. The third-order valence-electron chi connectivity index (χ3n) is 2.37. The molecule has 0 saturated carbocycles. The van der Waals surface area contributed by atoms with E-state index in [0.717, 1.165) is 17.3 Å². The molecule has 0 heterocycles. The van der Waals surface area contributed by atoms with E-state index in [0.29, 0.717) is 0 Å². The molecule has 3 heteroatoms. The quantitative estimate of drug-likeness (QED) is 0.595. The Kier molecular flexibility index (Phi) is 6.77. The Morgan fingerprint density at radius 3 is 2.61 bits per heavy atom. The summed E-state index contributed by atoms with van der Waals surface area (Å²) in [6.45, 7) is 6.11. The Balaban J connectivity index is 2.29. The van der Waals surface area contributed by atoms with Gasteiger partial charge in [0.1, 0.15) is 0 Å². The number of benzene rings is 1. The van der Waals surface area contributed by atoms with Gasteiger partial charge in [0.25, 0.3) is 0 Å². The van der Waals surface area contributed by atoms with Gasteiger partial charge in [-0.25, -0.2) is 0 Å². The Labute approximate surface area is 116 Å². The van der Waals surface area contributed by atoms with E-state index in [9.17, 15) is 4.79 Å². The summed E-state index contributed by atoms with van der Waals surface area (Å²) >= 11 is -0.230. The fourth-order valence-electron chi connectivity index (χ4n) is 1.44. The number of hydrogen-bond donors (Lipinski definition) is 0. The number of carbonyl (C=O) groups is 1. The third-order valence-corrected chi connectivity index (χ3v) is 3.98. The zero-order valence-corrected chi connectivity index (χ0v) is 12.9. The summed E-state index contributed by atoms with van der Waals surface area (Å²) in [5, 5.41) is 0. The Morgan fingerprint density at radius 2 is 2.00 bits per heavy atom. The monoisotopic (exact) mass is 312 g/mol. The second-order valence-corrected chi connectivity index (χ2v) is 6.57. The minimum atomic E-state index is -0.230. The van der Waals surface area contributed by atoms with E-state index in [-0.39, 0.29) is 25.9 Å². The number of rotatable bonds is 6. The van der Waals surface area contributed by atoms with E-state index in [4.69, 9.17) is 4.74 Å². The van der Waals surface area contributed by atoms with Gasteiger partial charge in [-0.3, -0.25) is 0 Å². The van der Waals surface area contributed by atoms with E-state index >= 15 is 0 Å². The van der Waals surface area contributed by atoms with Crippen LogP contribution >= 0.6 is 0 Å². The Morgan fingerprint density at radius 1 is 1.33 bits per heavy atom. The van der Waals surface area contributed by atoms with Crippen LogP contribution in [0, 0.1) is 0 Å². The van der Waals surface area contributed by atoms with Crippen molar-refractivity contribution >= 4 is 24.3 Å². The average molecular weight is 311 g/mol. The molecule has 1 aromatic rings. The minimum absolute atomic E-state index is 0.00122. The van der Waals surface area contributed by atoms with Gasteiger partial charge in [0.15, 0.2) is 0 Å². The van der Waals surface area contributed by atoms with Crippen molar-refractivity contribution in [1.82, 2.24) is 0 Å². The molecule has 0 saturated heterocycles. The van der Waals surface area contributed by atoms with Crippen LogP contribution in [0.25, 0.3) is 0 Å². The molecule has 0 aliphatic heterocycles. The van der Waals surface area contributed by atoms with E-state index < -0.39 is 0 Å². The summed E-state index contributed by atoms with van der Waals surface area (Å²) in [4.78, 5) is 11.6. The van der Waals surface area contributed by atoms with Gasteiger partial charge in [0.2, 0.25) is 0 Å². The number of allylic oxidation sites excluding steroid dienone is 2. The Hall–Kier alpha value is -1.05. The second-order valence-electron chi connectivity index (χ2n) is 4.45. The Bertz CT molecular complexity index is 394. The molecule has 0 fully saturated rings. The molecule has 0 aliphatic carbocycles. The summed E-state index contributed by atoms with van der Waals surface area (Å²) in [6, 6.07) is 9.78. The van der Waals surface area contributed by atoms with Crippen LogP contribution in [0.3, 0.4) is 0 Å². The van der Waals surface area contributed by atoms with Gasteiger partial charge in [-0.2, -0.15) is 0 Å². The predicted molar refractivity (Wildman–Crippen MR) is 76.4 cm³/mol. The average Bonchev–Trinajstić information content (AvgIpc) is 2.29. The van der Waals surface area contributed by atoms with Crippen molar-refractivity contribution in [3.8, 4) is 0 Å². The molecule has 18 heavy (non-hydrogen) atoms. The molecule has 0 spiro atoms. The van der Waals surface area contributed by atoms with E-state index in [2.05, 4.69) is 19.9 Å². The molecule has 0 radical (unpaired) electrons. The molecule has 1 aromatic carbocycles. The maximum absolute atomic E-state index is 11.7. The van der Waals surface area contributed by atoms with Crippen molar-refractivity contribution in [2.24, 2.45) is 0 Å². The summed E-state index contributed by atoms with van der Waals surface area (Å²) in [5.41, 5.74) is 1.31. The molecule has 1 atom stereocenters. The van der Waals surface area contributed by atoms with Gasteiger partial charge in [-0.15, -0.1) is 0 Å². The van der Waals surface area contributed by atoms with Gasteiger partial charge in [0, 0.05) is 0 Å². The SMILES string of the molecule is CC(C)=CCCC(C)OC(=O)[Se]c1ccccc1. The van der Waals surface area contributed by atoms with Crippen LogP contribution in [0.5, 0.6) is 0 Å². The first-order valence-corrected chi connectivity index (χ1v) is 7.86. The molecular weight excluding hydrogens is 291 g/mol. The van der Waals surface area contributed by atoms with Crippen molar-refractivity contribution in [3.05, 3.63) is 42.0 Å². The molecule has 0 aliphatic rings. The van der Waals surface area contributed by atoms with E-state index in [1.807, 2.05) is 37.3 Å². The second kappa shape index (κ2) is 8.12. The fraction of sp³-hybridized carbons (Fsp3) is 0.400. The zero-order valence-electron chi connectivity index (χ0n) is 11.2. The first-order valence-electron chi connectivity index (χ1n) is 6.15. The first-order chi connectivity index (χ1) is 8.58. The van der Waals surface area contributed by atoms with Crippen molar-refractivity contribution in [1.29, 1.82) is 0 Å². The van der Waals surface area contributed by atoms with Gasteiger partial charge < -0.3 is 0 Å². The molecule has 0 amide bonds. The summed E-state index contributed by atoms with van der Waals surface area (Å²) in [5.74, 6) is 0. The van der Waals surface area contributed by atoms with Crippen LogP contribution in [0.2, 0.25) is 0 Å². The zero-order chi connectivity index (χ0) is 13.4. The maximum atomic E-state index is 11.7. The molecule has 0 N–H and O–H groups in total. The summed E-state index contributed by atoms with van der Waals surface area (Å²) in [7, 11) is 0. The topological polar surface area (TPSA) is 26.3 Å². The van der Waals surface area contributed by atoms with Gasteiger partial charge in [-0.1, -0.05) is 0 Å². The molecular formula is C15H20O2Se. The van der Waals surface area contributed by atoms with Gasteiger partial charge in [0.05, 0.1) is 0 Å². The molecule has 0 aromatic heterocycles. The van der Waals surface area contributed by atoms with Gasteiger partial charge in [-0.05, 0) is 0 Å². The van der Waals surface area contributed by atoms with Crippen molar-refractivity contribution < 1.29 is 9.53 Å². The van der Waals surface area contributed by atoms with Crippen LogP contribution in [-0.4, -0.2) is 25.9 Å². The van der Waals surface area contributed by atoms with E-state index in [1.54, 1.807) is 0 Å². The standard InChI is InChI=1S/C15H20O2Se/c1-12(2)8-7-9-13(3)17-15(16)18-14-10-5-4-6-11-14/h4-6,8,10-11,13H,7,9H2,1-3H3. The molecule has 1 rings (SSSR count).